The molecule has 0 bridgehead atoms. The van der Waals surface area contributed by atoms with Gasteiger partial charge in [-0.2, -0.15) is 11.8 Å². The predicted octanol–water partition coefficient (Wildman–Crippen LogP) is 4.73. The normalized spacial score (nSPS) is 18.0. The Labute approximate surface area is 161 Å². The summed E-state index contributed by atoms with van der Waals surface area (Å²) in [7, 11) is 0. The molecule has 1 aliphatic heterocycles. The van der Waals surface area contributed by atoms with Gasteiger partial charge in [-0.15, -0.1) is 0 Å². The molecule has 4 rings (SSSR count). The van der Waals surface area contributed by atoms with Crippen LogP contribution < -0.4 is 0 Å². The fourth-order valence-electron chi connectivity index (χ4n) is 3.32. The lowest BCUT2D eigenvalue weighted by Gasteiger charge is -2.20. The third kappa shape index (κ3) is 3.60. The van der Waals surface area contributed by atoms with Crippen LogP contribution >= 0.6 is 23.4 Å². The van der Waals surface area contributed by atoms with Gasteiger partial charge in [-0.1, -0.05) is 47.1 Å². The van der Waals surface area contributed by atoms with Gasteiger partial charge in [-0.25, -0.2) is 0 Å². The number of nitrogens with zero attached hydrogens (tertiary/aromatic N) is 2. The van der Waals surface area contributed by atoms with Crippen LogP contribution in [0.25, 0.3) is 11.0 Å². The van der Waals surface area contributed by atoms with Crippen molar-refractivity contribution in [2.24, 2.45) is 0 Å². The molecule has 26 heavy (non-hydrogen) atoms. The van der Waals surface area contributed by atoms with Gasteiger partial charge in [0.05, 0.1) is 6.42 Å². The molecule has 1 saturated heterocycles. The second-order valence-corrected chi connectivity index (χ2v) is 8.07. The molecular formula is C20H19ClN2O2S. The van der Waals surface area contributed by atoms with Crippen LogP contribution in [0.5, 0.6) is 0 Å². The third-order valence-corrected chi connectivity index (χ3v) is 6.37. The monoisotopic (exact) mass is 386 g/mol. The van der Waals surface area contributed by atoms with Crippen LogP contribution in [0.15, 0.2) is 53.1 Å². The summed E-state index contributed by atoms with van der Waals surface area (Å²) in [5.74, 6) is 1.01. The van der Waals surface area contributed by atoms with Crippen LogP contribution in [0.1, 0.15) is 22.9 Å². The summed E-state index contributed by atoms with van der Waals surface area (Å²) in [4.78, 5) is 14.7. The highest BCUT2D eigenvalue weighted by atomic mass is 35.5. The summed E-state index contributed by atoms with van der Waals surface area (Å²) in [5, 5.41) is 6.13. The number of aromatic nitrogens is 1. The maximum atomic E-state index is 12.8. The topological polar surface area (TPSA) is 46.3 Å². The Bertz CT molecular complexity index is 927. The fourth-order valence-corrected chi connectivity index (χ4v) is 4.92. The van der Waals surface area contributed by atoms with Crippen molar-refractivity contribution in [3.63, 3.8) is 0 Å². The standard InChI is InChI=1S/C20H19ClN2O2S/c21-16-7-3-1-5-14(16)19-9-10-23(11-12-26-19)20(24)13-17-15-6-2-4-8-18(15)25-22-17/h1-8,19H,9-13H2/t19-/m0/s1. The smallest absolute Gasteiger partial charge is 0.228 e. The average molecular weight is 387 g/mol. The number of fused-ring (bicyclic) bond motifs is 1. The first-order valence-electron chi connectivity index (χ1n) is 8.69. The highest BCUT2D eigenvalue weighted by molar-refractivity contribution is 7.99. The molecule has 0 unspecified atom stereocenters. The van der Waals surface area contributed by atoms with Crippen LogP contribution in [0, 0.1) is 0 Å². The molecule has 0 saturated carbocycles. The van der Waals surface area contributed by atoms with E-state index in [1.54, 1.807) is 0 Å². The first kappa shape index (κ1) is 17.4. The van der Waals surface area contributed by atoms with Crippen molar-refractivity contribution in [1.29, 1.82) is 0 Å². The second-order valence-electron chi connectivity index (χ2n) is 6.35. The Hall–Kier alpha value is -1.98. The summed E-state index contributed by atoms with van der Waals surface area (Å²) < 4.78 is 5.31. The van der Waals surface area contributed by atoms with E-state index >= 15 is 0 Å². The second kappa shape index (κ2) is 7.72. The summed E-state index contributed by atoms with van der Waals surface area (Å²) in [6.45, 7) is 1.48. The van der Waals surface area contributed by atoms with Gasteiger partial charge < -0.3 is 9.42 Å². The molecule has 2 aromatic carbocycles. The van der Waals surface area contributed by atoms with Crippen LogP contribution in [-0.2, 0) is 11.2 Å². The molecular weight excluding hydrogens is 368 g/mol. The quantitative estimate of drug-likeness (QED) is 0.652. The SMILES string of the molecule is O=C(Cc1noc2ccccc12)N1CCS[C@H](c2ccccc2Cl)CC1. The lowest BCUT2D eigenvalue weighted by molar-refractivity contribution is -0.130. The summed E-state index contributed by atoms with van der Waals surface area (Å²) in [5.41, 5.74) is 2.60. The zero-order valence-electron chi connectivity index (χ0n) is 14.2. The zero-order chi connectivity index (χ0) is 17.9. The number of thioether (sulfide) groups is 1. The fraction of sp³-hybridized carbons (Fsp3) is 0.300. The number of carbonyl (C=O) groups is 1. The molecule has 0 aliphatic carbocycles. The van der Waals surface area contributed by atoms with E-state index in [9.17, 15) is 4.79 Å². The van der Waals surface area contributed by atoms with E-state index in [4.69, 9.17) is 16.1 Å². The number of halogens is 1. The highest BCUT2D eigenvalue weighted by Crippen LogP contribution is 2.37. The van der Waals surface area contributed by atoms with Gasteiger partial charge in [0.2, 0.25) is 5.91 Å². The number of para-hydroxylation sites is 1. The molecule has 0 spiro atoms. The van der Waals surface area contributed by atoms with Crippen molar-refractivity contribution in [1.82, 2.24) is 10.1 Å². The Kier molecular flexibility index (Phi) is 5.18. The molecule has 3 aromatic rings. The molecule has 4 nitrogen and oxygen atoms in total. The lowest BCUT2D eigenvalue weighted by atomic mass is 10.1. The van der Waals surface area contributed by atoms with Crippen LogP contribution in [-0.4, -0.2) is 34.8 Å². The Balaban J connectivity index is 1.44. The highest BCUT2D eigenvalue weighted by Gasteiger charge is 2.24. The van der Waals surface area contributed by atoms with E-state index in [2.05, 4.69) is 11.2 Å². The van der Waals surface area contributed by atoms with Gasteiger partial charge in [-0.05, 0) is 30.2 Å². The first-order chi connectivity index (χ1) is 12.7. The van der Waals surface area contributed by atoms with Crippen molar-refractivity contribution in [3.05, 3.63) is 64.8 Å². The summed E-state index contributed by atoms with van der Waals surface area (Å²) in [6.07, 6.45) is 1.18. The number of hydrogen-bond donors (Lipinski definition) is 0. The minimum atomic E-state index is 0.101. The molecule has 1 fully saturated rings. The van der Waals surface area contributed by atoms with Gasteiger partial charge in [0, 0.05) is 34.5 Å². The van der Waals surface area contributed by atoms with Crippen molar-refractivity contribution >= 4 is 40.2 Å². The van der Waals surface area contributed by atoms with E-state index in [1.165, 1.54) is 0 Å². The van der Waals surface area contributed by atoms with E-state index in [0.717, 1.165) is 46.8 Å². The molecule has 0 N–H and O–H groups in total. The van der Waals surface area contributed by atoms with Gasteiger partial charge in [0.15, 0.2) is 5.58 Å². The van der Waals surface area contributed by atoms with E-state index in [0.29, 0.717) is 10.9 Å². The van der Waals surface area contributed by atoms with Crippen LogP contribution in [0.4, 0.5) is 0 Å². The minimum absolute atomic E-state index is 0.101. The summed E-state index contributed by atoms with van der Waals surface area (Å²) in [6, 6.07) is 15.6. The van der Waals surface area contributed by atoms with Crippen molar-refractivity contribution in [2.75, 3.05) is 18.8 Å². The minimum Gasteiger partial charge on any atom is -0.356 e. The molecule has 134 valence electrons. The van der Waals surface area contributed by atoms with E-state index in [-0.39, 0.29) is 12.3 Å². The van der Waals surface area contributed by atoms with Crippen molar-refractivity contribution in [3.8, 4) is 0 Å². The van der Waals surface area contributed by atoms with Gasteiger partial charge in [0.1, 0.15) is 5.69 Å². The largest absolute Gasteiger partial charge is 0.356 e. The third-order valence-electron chi connectivity index (χ3n) is 4.72. The maximum Gasteiger partial charge on any atom is 0.228 e. The van der Waals surface area contributed by atoms with Crippen LogP contribution in [0.2, 0.25) is 5.02 Å². The van der Waals surface area contributed by atoms with E-state index < -0.39 is 0 Å². The number of carbonyl (C=O) groups excluding carboxylic acids is 1. The molecule has 0 radical (unpaired) electrons. The number of amides is 1. The number of hydrogen-bond acceptors (Lipinski definition) is 4. The number of benzene rings is 2. The van der Waals surface area contributed by atoms with Gasteiger partial charge >= 0.3 is 0 Å². The van der Waals surface area contributed by atoms with E-state index in [1.807, 2.05) is 59.1 Å². The van der Waals surface area contributed by atoms with Gasteiger partial charge in [0.25, 0.3) is 0 Å². The average Bonchev–Trinajstić information content (AvgIpc) is 2.90. The molecule has 1 amide bonds. The Morgan fingerprint density at radius 1 is 1.19 bits per heavy atom. The Morgan fingerprint density at radius 2 is 2.00 bits per heavy atom. The molecule has 1 aromatic heterocycles. The summed E-state index contributed by atoms with van der Waals surface area (Å²) >= 11 is 8.22. The van der Waals surface area contributed by atoms with Crippen molar-refractivity contribution in [2.45, 2.75) is 18.1 Å². The maximum absolute atomic E-state index is 12.8. The molecule has 6 heteroatoms. The Morgan fingerprint density at radius 3 is 2.88 bits per heavy atom. The number of rotatable bonds is 3. The predicted molar refractivity (Wildman–Crippen MR) is 106 cm³/mol. The van der Waals surface area contributed by atoms with Crippen LogP contribution in [0.3, 0.4) is 0 Å². The zero-order valence-corrected chi connectivity index (χ0v) is 15.8. The van der Waals surface area contributed by atoms with Gasteiger partial charge in [-0.3, -0.25) is 4.79 Å². The molecule has 1 atom stereocenters. The lowest BCUT2D eigenvalue weighted by Crippen LogP contribution is -2.34. The molecule has 2 heterocycles. The first-order valence-corrected chi connectivity index (χ1v) is 10.1. The van der Waals surface area contributed by atoms with Crippen molar-refractivity contribution < 1.29 is 9.32 Å². The molecule has 1 aliphatic rings.